The van der Waals surface area contributed by atoms with Crippen LogP contribution in [0.1, 0.15) is 12.5 Å². The molecule has 66 valence electrons. The molecule has 1 aromatic carbocycles. The number of rotatable bonds is 0. The molecule has 0 radical (unpaired) electrons. The number of carbonyl (C=O) groups excluding carboxylic acids is 1. The van der Waals surface area contributed by atoms with Gasteiger partial charge >= 0.3 is 0 Å². The average molecular weight is 194 g/mol. The Morgan fingerprint density at radius 1 is 1.46 bits per heavy atom. The maximum Gasteiger partial charge on any atom is 0.256 e. The van der Waals surface area contributed by atoms with Crippen LogP contribution in [0.4, 0.5) is 5.69 Å². The molecule has 13 heavy (non-hydrogen) atoms. The van der Waals surface area contributed by atoms with Crippen molar-refractivity contribution in [3.05, 3.63) is 34.9 Å². The number of allylic oxidation sites excluding steroid dienone is 1. The number of nitrogens with one attached hydrogen (secondary N) is 1. The summed E-state index contributed by atoms with van der Waals surface area (Å²) in [6.07, 6.45) is 1.79. The fourth-order valence-electron chi connectivity index (χ4n) is 1.45. The van der Waals surface area contributed by atoms with Crippen LogP contribution in [0.25, 0.3) is 5.57 Å². The van der Waals surface area contributed by atoms with Gasteiger partial charge < -0.3 is 5.32 Å². The Hall–Kier alpha value is -1.28. The van der Waals surface area contributed by atoms with Crippen LogP contribution in [0, 0.1) is 0 Å². The Labute approximate surface area is 81.2 Å². The van der Waals surface area contributed by atoms with E-state index in [1.54, 1.807) is 18.2 Å². The average Bonchev–Trinajstić information content (AvgIpc) is 2.40. The molecule has 1 aromatic rings. The molecule has 3 heteroatoms. The maximum atomic E-state index is 11.4. The highest BCUT2D eigenvalue weighted by atomic mass is 35.5. The van der Waals surface area contributed by atoms with Gasteiger partial charge in [0.2, 0.25) is 0 Å². The van der Waals surface area contributed by atoms with Gasteiger partial charge in [-0.2, -0.15) is 0 Å². The first-order chi connectivity index (χ1) is 6.22. The van der Waals surface area contributed by atoms with Gasteiger partial charge in [-0.25, -0.2) is 0 Å². The third-order valence-corrected chi connectivity index (χ3v) is 2.29. The minimum atomic E-state index is -0.0558. The van der Waals surface area contributed by atoms with Crippen molar-refractivity contribution in [2.24, 2.45) is 0 Å². The van der Waals surface area contributed by atoms with Crippen LogP contribution in [-0.2, 0) is 4.79 Å². The molecule has 0 atom stereocenters. The SMILES string of the molecule is C/C=C1\C(=O)Nc2ccc(Cl)cc21. The molecule has 2 rings (SSSR count). The van der Waals surface area contributed by atoms with Crippen molar-refractivity contribution in [3.8, 4) is 0 Å². The molecule has 1 N–H and O–H groups in total. The first kappa shape index (κ1) is 8.32. The van der Waals surface area contributed by atoms with Crippen molar-refractivity contribution in [3.63, 3.8) is 0 Å². The van der Waals surface area contributed by atoms with Gasteiger partial charge in [-0.3, -0.25) is 4.79 Å². The monoisotopic (exact) mass is 193 g/mol. The predicted octanol–water partition coefficient (Wildman–Crippen LogP) is 2.70. The molecule has 0 fully saturated rings. The lowest BCUT2D eigenvalue weighted by atomic mass is 10.1. The van der Waals surface area contributed by atoms with E-state index < -0.39 is 0 Å². The number of amides is 1. The first-order valence-corrected chi connectivity index (χ1v) is 4.38. The van der Waals surface area contributed by atoms with Crippen molar-refractivity contribution < 1.29 is 4.79 Å². The summed E-state index contributed by atoms with van der Waals surface area (Å²) >= 11 is 5.83. The summed E-state index contributed by atoms with van der Waals surface area (Å²) in [6, 6.07) is 5.37. The molecule has 1 amide bonds. The van der Waals surface area contributed by atoms with E-state index in [-0.39, 0.29) is 5.91 Å². The predicted molar refractivity (Wildman–Crippen MR) is 53.7 cm³/mol. The van der Waals surface area contributed by atoms with Gasteiger partial charge in [-0.1, -0.05) is 17.7 Å². The zero-order valence-corrected chi connectivity index (χ0v) is 7.85. The van der Waals surface area contributed by atoms with E-state index in [9.17, 15) is 4.79 Å². The molecule has 1 heterocycles. The minimum absolute atomic E-state index is 0.0558. The Balaban J connectivity index is 2.63. The molecular weight excluding hydrogens is 186 g/mol. The van der Waals surface area contributed by atoms with Crippen LogP contribution in [-0.4, -0.2) is 5.91 Å². The highest BCUT2D eigenvalue weighted by molar-refractivity contribution is 6.34. The summed E-state index contributed by atoms with van der Waals surface area (Å²) in [5, 5.41) is 3.41. The number of fused-ring (bicyclic) bond motifs is 1. The zero-order valence-electron chi connectivity index (χ0n) is 7.10. The van der Waals surface area contributed by atoms with Gasteiger partial charge in [0.15, 0.2) is 0 Å². The molecule has 0 aliphatic carbocycles. The Morgan fingerprint density at radius 3 is 2.92 bits per heavy atom. The molecule has 0 spiro atoms. The summed E-state index contributed by atoms with van der Waals surface area (Å²) in [5.74, 6) is -0.0558. The lowest BCUT2D eigenvalue weighted by molar-refractivity contribution is -0.110. The molecule has 0 saturated carbocycles. The van der Waals surface area contributed by atoms with E-state index in [4.69, 9.17) is 11.6 Å². The van der Waals surface area contributed by atoms with Crippen molar-refractivity contribution in [1.29, 1.82) is 0 Å². The lowest BCUT2D eigenvalue weighted by Crippen LogP contribution is -2.03. The highest BCUT2D eigenvalue weighted by Gasteiger charge is 2.22. The van der Waals surface area contributed by atoms with Crippen LogP contribution in [0.2, 0.25) is 5.02 Å². The smallest absolute Gasteiger partial charge is 0.256 e. The lowest BCUT2D eigenvalue weighted by Gasteiger charge is -1.97. The third-order valence-electron chi connectivity index (χ3n) is 2.05. The van der Waals surface area contributed by atoms with Crippen molar-refractivity contribution >= 4 is 28.8 Å². The highest BCUT2D eigenvalue weighted by Crippen LogP contribution is 2.33. The standard InChI is InChI=1S/C10H8ClNO/c1-2-7-8-5-6(11)3-4-9(8)12-10(7)13/h2-5H,1H3,(H,12,13)/b7-2-. The van der Waals surface area contributed by atoms with E-state index in [2.05, 4.69) is 5.32 Å². The van der Waals surface area contributed by atoms with Gasteiger partial charge in [-0.05, 0) is 25.1 Å². The van der Waals surface area contributed by atoms with Crippen LogP contribution in [0.15, 0.2) is 24.3 Å². The van der Waals surface area contributed by atoms with Gasteiger partial charge in [-0.15, -0.1) is 0 Å². The second-order valence-corrected chi connectivity index (χ2v) is 3.28. The maximum absolute atomic E-state index is 11.4. The Bertz CT molecular complexity index is 409. The molecular formula is C10H8ClNO. The summed E-state index contributed by atoms with van der Waals surface area (Å²) in [6.45, 7) is 1.84. The first-order valence-electron chi connectivity index (χ1n) is 4.00. The van der Waals surface area contributed by atoms with Crippen molar-refractivity contribution in [1.82, 2.24) is 0 Å². The summed E-state index contributed by atoms with van der Waals surface area (Å²) in [4.78, 5) is 11.4. The second kappa shape index (κ2) is 2.89. The van der Waals surface area contributed by atoms with Gasteiger partial charge in [0.1, 0.15) is 0 Å². The molecule has 0 aromatic heterocycles. The number of hydrogen-bond donors (Lipinski definition) is 1. The van der Waals surface area contributed by atoms with E-state index in [0.29, 0.717) is 10.6 Å². The van der Waals surface area contributed by atoms with Gasteiger partial charge in [0.25, 0.3) is 5.91 Å². The number of hydrogen-bond acceptors (Lipinski definition) is 1. The van der Waals surface area contributed by atoms with E-state index in [1.165, 1.54) is 0 Å². The largest absolute Gasteiger partial charge is 0.321 e. The Kier molecular flexibility index (Phi) is 1.85. The van der Waals surface area contributed by atoms with Gasteiger partial charge in [0.05, 0.1) is 0 Å². The number of halogens is 1. The van der Waals surface area contributed by atoms with Gasteiger partial charge in [0, 0.05) is 21.8 Å². The van der Waals surface area contributed by atoms with Crippen LogP contribution in [0.3, 0.4) is 0 Å². The third kappa shape index (κ3) is 1.23. The van der Waals surface area contributed by atoms with Crippen molar-refractivity contribution in [2.45, 2.75) is 6.92 Å². The summed E-state index contributed by atoms with van der Waals surface area (Å²) in [7, 11) is 0. The topological polar surface area (TPSA) is 29.1 Å². The molecule has 1 aliphatic rings. The molecule has 1 aliphatic heterocycles. The van der Waals surface area contributed by atoms with E-state index in [1.807, 2.05) is 13.0 Å². The normalized spacial score (nSPS) is 17.4. The van der Waals surface area contributed by atoms with E-state index in [0.717, 1.165) is 11.3 Å². The molecule has 0 bridgehead atoms. The molecule has 0 saturated heterocycles. The van der Waals surface area contributed by atoms with Crippen molar-refractivity contribution in [2.75, 3.05) is 5.32 Å². The van der Waals surface area contributed by atoms with E-state index >= 15 is 0 Å². The number of benzene rings is 1. The Morgan fingerprint density at radius 2 is 2.23 bits per heavy atom. The fourth-order valence-corrected chi connectivity index (χ4v) is 1.62. The number of anilines is 1. The fraction of sp³-hybridized carbons (Fsp3) is 0.100. The second-order valence-electron chi connectivity index (χ2n) is 2.85. The zero-order chi connectivity index (χ0) is 9.42. The minimum Gasteiger partial charge on any atom is -0.321 e. The summed E-state index contributed by atoms with van der Waals surface area (Å²) in [5.41, 5.74) is 2.42. The quantitative estimate of drug-likeness (QED) is 0.631. The van der Waals surface area contributed by atoms with Crippen LogP contribution < -0.4 is 5.32 Å². The molecule has 0 unspecified atom stereocenters. The summed E-state index contributed by atoms with van der Waals surface area (Å²) < 4.78 is 0. The number of carbonyl (C=O) groups is 1. The van der Waals surface area contributed by atoms with Crippen LogP contribution in [0.5, 0.6) is 0 Å². The van der Waals surface area contributed by atoms with Crippen LogP contribution >= 0.6 is 11.6 Å². The molecule has 2 nitrogen and oxygen atoms in total.